The molecule has 21 heavy (non-hydrogen) atoms. The molecule has 110 valence electrons. The second kappa shape index (κ2) is 6.13. The quantitative estimate of drug-likeness (QED) is 0.617. The van der Waals surface area contributed by atoms with Crippen molar-refractivity contribution in [2.45, 2.75) is 32.7 Å². The summed E-state index contributed by atoms with van der Waals surface area (Å²) in [6.45, 7) is 4.24. The number of nitrogens with one attached hydrogen (secondary N) is 1. The monoisotopic (exact) mass is 407 g/mol. The Hall–Kier alpha value is -0.800. The molecule has 1 fully saturated rings. The Labute approximate surface area is 143 Å². The van der Waals surface area contributed by atoms with Crippen molar-refractivity contribution >= 4 is 37.5 Å². The molecule has 3 heteroatoms. The number of benzene rings is 2. The first-order valence-electron chi connectivity index (χ1n) is 7.33. The van der Waals surface area contributed by atoms with Crippen LogP contribution in [0.5, 0.6) is 0 Å². The van der Waals surface area contributed by atoms with Crippen molar-refractivity contribution in [1.29, 1.82) is 0 Å². The lowest BCUT2D eigenvalue weighted by Crippen LogP contribution is -2.13. The fraction of sp³-hybridized carbons (Fsp3) is 0.333. The first-order chi connectivity index (χ1) is 10.0. The summed E-state index contributed by atoms with van der Waals surface area (Å²) in [4.78, 5) is 0. The summed E-state index contributed by atoms with van der Waals surface area (Å²) < 4.78 is 2.24. The molecular formula is C18H19Br2N. The van der Waals surface area contributed by atoms with E-state index in [1.807, 2.05) is 0 Å². The minimum atomic E-state index is 0.390. The van der Waals surface area contributed by atoms with Gasteiger partial charge in [-0.3, -0.25) is 0 Å². The molecule has 2 aromatic carbocycles. The second-order valence-electron chi connectivity index (χ2n) is 5.97. The Morgan fingerprint density at radius 2 is 1.52 bits per heavy atom. The summed E-state index contributed by atoms with van der Waals surface area (Å²) in [5.41, 5.74) is 5.09. The van der Waals surface area contributed by atoms with Crippen LogP contribution in [-0.4, -0.2) is 0 Å². The molecule has 0 bridgehead atoms. The van der Waals surface area contributed by atoms with Gasteiger partial charge in [0, 0.05) is 8.95 Å². The molecule has 1 atom stereocenters. The molecule has 1 nitrogen and oxygen atoms in total. The van der Waals surface area contributed by atoms with Crippen molar-refractivity contribution < 1.29 is 0 Å². The van der Waals surface area contributed by atoms with Gasteiger partial charge in [0.2, 0.25) is 0 Å². The largest absolute Gasteiger partial charge is 0.376 e. The van der Waals surface area contributed by atoms with E-state index in [-0.39, 0.29) is 0 Å². The molecule has 0 saturated heterocycles. The van der Waals surface area contributed by atoms with Gasteiger partial charge in [-0.1, -0.05) is 29.8 Å². The lowest BCUT2D eigenvalue weighted by atomic mass is 10.0. The van der Waals surface area contributed by atoms with Crippen molar-refractivity contribution in [3.05, 3.63) is 62.0 Å². The Kier molecular flexibility index (Phi) is 4.41. The third kappa shape index (κ3) is 3.51. The van der Waals surface area contributed by atoms with E-state index in [1.54, 1.807) is 0 Å². The maximum Gasteiger partial charge on any atom is 0.0634 e. The fourth-order valence-electron chi connectivity index (χ4n) is 2.67. The van der Waals surface area contributed by atoms with E-state index in [0.717, 1.165) is 20.6 Å². The summed E-state index contributed by atoms with van der Waals surface area (Å²) in [6.07, 6.45) is 2.62. The first kappa shape index (κ1) is 15.1. The molecule has 3 rings (SSSR count). The Morgan fingerprint density at radius 3 is 2.05 bits per heavy atom. The number of anilines is 1. The van der Waals surface area contributed by atoms with Crippen LogP contribution in [0.3, 0.4) is 0 Å². The Balaban J connectivity index is 1.91. The van der Waals surface area contributed by atoms with Crippen LogP contribution in [0.25, 0.3) is 0 Å². The van der Waals surface area contributed by atoms with Crippen LogP contribution in [0.4, 0.5) is 5.69 Å². The Morgan fingerprint density at radius 1 is 0.952 bits per heavy atom. The van der Waals surface area contributed by atoms with Crippen molar-refractivity contribution in [3.63, 3.8) is 0 Å². The molecule has 0 radical (unpaired) electrons. The summed E-state index contributed by atoms with van der Waals surface area (Å²) in [5.74, 6) is 0.743. The van der Waals surface area contributed by atoms with Crippen molar-refractivity contribution in [2.75, 3.05) is 5.32 Å². The molecule has 1 unspecified atom stereocenters. The third-order valence-electron chi connectivity index (χ3n) is 4.02. The van der Waals surface area contributed by atoms with Crippen molar-refractivity contribution in [3.8, 4) is 0 Å². The van der Waals surface area contributed by atoms with E-state index < -0.39 is 0 Å². The van der Waals surface area contributed by atoms with Crippen molar-refractivity contribution in [2.24, 2.45) is 5.92 Å². The van der Waals surface area contributed by atoms with E-state index in [1.165, 1.54) is 29.5 Å². The molecule has 1 aliphatic rings. The van der Waals surface area contributed by atoms with Crippen LogP contribution in [0, 0.1) is 19.8 Å². The van der Waals surface area contributed by atoms with Crippen LogP contribution in [0.15, 0.2) is 45.3 Å². The molecule has 0 aromatic heterocycles. The highest BCUT2D eigenvalue weighted by Crippen LogP contribution is 2.45. The highest BCUT2D eigenvalue weighted by Gasteiger charge is 2.32. The number of aryl methyl sites for hydroxylation is 2. The standard InChI is InChI=1S/C18H19Br2N/c1-11-3-5-13(6-4-11)17(14-7-8-14)21-18-15(19)9-12(2)10-16(18)20/h3-6,9-10,14,17,21H,7-8H2,1-2H3. The maximum atomic E-state index is 3.75. The second-order valence-corrected chi connectivity index (χ2v) is 7.68. The average Bonchev–Trinajstić information content (AvgIpc) is 3.24. The average molecular weight is 409 g/mol. The minimum absolute atomic E-state index is 0.390. The molecule has 0 aliphatic heterocycles. The van der Waals surface area contributed by atoms with Gasteiger partial charge in [-0.15, -0.1) is 0 Å². The fourth-order valence-corrected chi connectivity index (χ4v) is 4.31. The summed E-state index contributed by atoms with van der Waals surface area (Å²) in [7, 11) is 0. The lowest BCUT2D eigenvalue weighted by Gasteiger charge is -2.22. The van der Waals surface area contributed by atoms with Crippen LogP contribution >= 0.6 is 31.9 Å². The maximum absolute atomic E-state index is 3.75. The topological polar surface area (TPSA) is 12.0 Å². The molecule has 2 aromatic rings. The molecule has 0 spiro atoms. The van der Waals surface area contributed by atoms with Gasteiger partial charge < -0.3 is 5.32 Å². The van der Waals surface area contributed by atoms with E-state index in [9.17, 15) is 0 Å². The van der Waals surface area contributed by atoms with Crippen LogP contribution in [0.1, 0.15) is 35.6 Å². The van der Waals surface area contributed by atoms with Gasteiger partial charge in [0.1, 0.15) is 0 Å². The molecular weight excluding hydrogens is 390 g/mol. The zero-order chi connectivity index (χ0) is 15.0. The molecule has 1 aliphatic carbocycles. The van der Waals surface area contributed by atoms with Gasteiger partial charge in [0.25, 0.3) is 0 Å². The van der Waals surface area contributed by atoms with Gasteiger partial charge in [0.05, 0.1) is 11.7 Å². The van der Waals surface area contributed by atoms with E-state index in [2.05, 4.69) is 87.4 Å². The first-order valence-corrected chi connectivity index (χ1v) is 8.92. The Bertz CT molecular complexity index is 622. The van der Waals surface area contributed by atoms with E-state index in [0.29, 0.717) is 6.04 Å². The van der Waals surface area contributed by atoms with Gasteiger partial charge in [-0.05, 0) is 87.7 Å². The zero-order valence-corrected chi connectivity index (χ0v) is 15.5. The van der Waals surface area contributed by atoms with Gasteiger partial charge in [-0.25, -0.2) is 0 Å². The highest BCUT2D eigenvalue weighted by molar-refractivity contribution is 9.11. The minimum Gasteiger partial charge on any atom is -0.376 e. The van der Waals surface area contributed by atoms with Gasteiger partial charge >= 0.3 is 0 Å². The summed E-state index contributed by atoms with van der Waals surface area (Å²) in [6, 6.07) is 13.6. The molecule has 1 saturated carbocycles. The highest BCUT2D eigenvalue weighted by atomic mass is 79.9. The van der Waals surface area contributed by atoms with Crippen LogP contribution in [-0.2, 0) is 0 Å². The number of hydrogen-bond acceptors (Lipinski definition) is 1. The van der Waals surface area contributed by atoms with Gasteiger partial charge in [-0.2, -0.15) is 0 Å². The third-order valence-corrected chi connectivity index (χ3v) is 5.27. The summed E-state index contributed by atoms with van der Waals surface area (Å²) >= 11 is 7.38. The van der Waals surface area contributed by atoms with Crippen LogP contribution < -0.4 is 5.32 Å². The lowest BCUT2D eigenvalue weighted by molar-refractivity contribution is 0.678. The van der Waals surface area contributed by atoms with Crippen LogP contribution in [0.2, 0.25) is 0 Å². The number of hydrogen-bond donors (Lipinski definition) is 1. The molecule has 0 heterocycles. The number of halogens is 2. The predicted octanol–water partition coefficient (Wildman–Crippen LogP) is 6.39. The number of rotatable bonds is 4. The normalized spacial score (nSPS) is 15.8. The molecule has 0 amide bonds. The molecule has 1 N–H and O–H groups in total. The SMILES string of the molecule is Cc1ccc(C(Nc2c(Br)cc(C)cc2Br)C2CC2)cc1. The summed E-state index contributed by atoms with van der Waals surface area (Å²) in [5, 5.41) is 3.75. The van der Waals surface area contributed by atoms with Gasteiger partial charge in [0.15, 0.2) is 0 Å². The van der Waals surface area contributed by atoms with Crippen molar-refractivity contribution in [1.82, 2.24) is 0 Å². The predicted molar refractivity (Wildman–Crippen MR) is 96.8 cm³/mol. The smallest absolute Gasteiger partial charge is 0.0634 e. The zero-order valence-electron chi connectivity index (χ0n) is 12.3. The van der Waals surface area contributed by atoms with E-state index in [4.69, 9.17) is 0 Å². The van der Waals surface area contributed by atoms with E-state index >= 15 is 0 Å².